The predicted molar refractivity (Wildman–Crippen MR) is 90.7 cm³/mol. The van der Waals surface area contributed by atoms with E-state index < -0.39 is 10.0 Å². The molecule has 1 aromatic carbocycles. The standard InChI is InChI=1S/C17H29NO3S/c1-6-16(7-2)18(12-13-21-5)22(19,20)17-10-8-15(9-11-17)14(3)4/h8-11,14,16H,6-7,12-13H2,1-5H3. The molecule has 0 amide bonds. The minimum absolute atomic E-state index is 0.00456. The van der Waals surface area contributed by atoms with Gasteiger partial charge < -0.3 is 4.74 Å². The highest BCUT2D eigenvalue weighted by Crippen LogP contribution is 2.23. The summed E-state index contributed by atoms with van der Waals surface area (Å²) in [7, 11) is -1.89. The van der Waals surface area contributed by atoms with Crippen molar-refractivity contribution in [2.45, 2.75) is 57.4 Å². The second kappa shape index (κ2) is 8.65. The van der Waals surface area contributed by atoms with Crippen LogP contribution in [0.5, 0.6) is 0 Å². The summed E-state index contributed by atoms with van der Waals surface area (Å²) in [5.74, 6) is 0.389. The lowest BCUT2D eigenvalue weighted by Crippen LogP contribution is -2.41. The third kappa shape index (κ3) is 4.54. The molecule has 4 nitrogen and oxygen atoms in total. The molecule has 0 radical (unpaired) electrons. The van der Waals surface area contributed by atoms with Crippen LogP contribution in [0, 0.1) is 0 Å². The van der Waals surface area contributed by atoms with Crippen LogP contribution in [0.3, 0.4) is 0 Å². The molecule has 0 saturated heterocycles. The second-order valence-electron chi connectivity index (χ2n) is 5.80. The van der Waals surface area contributed by atoms with Gasteiger partial charge in [-0.3, -0.25) is 0 Å². The van der Waals surface area contributed by atoms with Crippen LogP contribution < -0.4 is 0 Å². The van der Waals surface area contributed by atoms with Gasteiger partial charge in [-0.05, 0) is 36.5 Å². The van der Waals surface area contributed by atoms with E-state index in [1.165, 1.54) is 0 Å². The summed E-state index contributed by atoms with van der Waals surface area (Å²) in [6.07, 6.45) is 1.59. The van der Waals surface area contributed by atoms with Crippen LogP contribution in [0.4, 0.5) is 0 Å². The van der Waals surface area contributed by atoms with Crippen molar-refractivity contribution in [3.63, 3.8) is 0 Å². The topological polar surface area (TPSA) is 46.6 Å². The number of ether oxygens (including phenoxy) is 1. The lowest BCUT2D eigenvalue weighted by molar-refractivity contribution is 0.163. The van der Waals surface area contributed by atoms with Crippen molar-refractivity contribution >= 4 is 10.0 Å². The van der Waals surface area contributed by atoms with Gasteiger partial charge in [0.1, 0.15) is 0 Å². The smallest absolute Gasteiger partial charge is 0.243 e. The van der Waals surface area contributed by atoms with Gasteiger partial charge >= 0.3 is 0 Å². The molecule has 1 aromatic rings. The number of rotatable bonds is 9. The molecule has 126 valence electrons. The van der Waals surface area contributed by atoms with E-state index in [1.807, 2.05) is 26.0 Å². The van der Waals surface area contributed by atoms with Crippen LogP contribution in [0.15, 0.2) is 29.2 Å². The van der Waals surface area contributed by atoms with Crippen molar-refractivity contribution in [3.05, 3.63) is 29.8 Å². The molecule has 0 N–H and O–H groups in total. The van der Waals surface area contributed by atoms with Crippen LogP contribution in [-0.2, 0) is 14.8 Å². The molecular weight excluding hydrogens is 298 g/mol. The molecule has 0 heterocycles. The van der Waals surface area contributed by atoms with Crippen molar-refractivity contribution < 1.29 is 13.2 Å². The largest absolute Gasteiger partial charge is 0.383 e. The molecule has 0 aliphatic rings. The van der Waals surface area contributed by atoms with Crippen LogP contribution in [0.2, 0.25) is 0 Å². The van der Waals surface area contributed by atoms with Gasteiger partial charge in [0.05, 0.1) is 11.5 Å². The van der Waals surface area contributed by atoms with E-state index in [1.54, 1.807) is 23.5 Å². The fraction of sp³-hybridized carbons (Fsp3) is 0.647. The lowest BCUT2D eigenvalue weighted by Gasteiger charge is -2.29. The first-order valence-corrected chi connectivity index (χ1v) is 9.43. The maximum absolute atomic E-state index is 12.9. The Balaban J connectivity index is 3.14. The van der Waals surface area contributed by atoms with E-state index in [4.69, 9.17) is 4.74 Å². The molecule has 0 spiro atoms. The highest BCUT2D eigenvalue weighted by molar-refractivity contribution is 7.89. The lowest BCUT2D eigenvalue weighted by atomic mass is 10.0. The highest BCUT2D eigenvalue weighted by Gasteiger charge is 2.29. The zero-order valence-corrected chi connectivity index (χ0v) is 15.2. The number of methoxy groups -OCH3 is 1. The van der Waals surface area contributed by atoms with E-state index in [-0.39, 0.29) is 6.04 Å². The highest BCUT2D eigenvalue weighted by atomic mass is 32.2. The molecule has 1 rings (SSSR count). The summed E-state index contributed by atoms with van der Waals surface area (Å²) < 4.78 is 32.6. The molecular formula is C17H29NO3S. The van der Waals surface area contributed by atoms with E-state index in [9.17, 15) is 8.42 Å². The van der Waals surface area contributed by atoms with Crippen molar-refractivity contribution in [1.82, 2.24) is 4.31 Å². The molecule has 0 aliphatic heterocycles. The first-order chi connectivity index (χ1) is 10.4. The normalized spacial score (nSPS) is 12.5. The number of sulfonamides is 1. The summed E-state index contributed by atoms with van der Waals surface area (Å²) >= 11 is 0. The molecule has 0 aliphatic carbocycles. The van der Waals surface area contributed by atoms with Gasteiger partial charge in [0.2, 0.25) is 10.0 Å². The molecule has 0 bridgehead atoms. The first kappa shape index (κ1) is 19.1. The van der Waals surface area contributed by atoms with Crippen molar-refractivity contribution in [1.29, 1.82) is 0 Å². The predicted octanol–water partition coefficient (Wildman–Crippen LogP) is 3.64. The number of hydrogen-bond acceptors (Lipinski definition) is 3. The minimum Gasteiger partial charge on any atom is -0.383 e. The Bertz CT molecular complexity index is 534. The minimum atomic E-state index is -3.49. The maximum atomic E-state index is 12.9. The van der Waals surface area contributed by atoms with Gasteiger partial charge in [-0.1, -0.05) is 39.8 Å². The van der Waals surface area contributed by atoms with Crippen LogP contribution in [0.25, 0.3) is 0 Å². The van der Waals surface area contributed by atoms with Crippen LogP contribution in [-0.4, -0.2) is 39.0 Å². The van der Waals surface area contributed by atoms with Gasteiger partial charge in [-0.2, -0.15) is 4.31 Å². The molecule has 0 aromatic heterocycles. The van der Waals surface area contributed by atoms with Gasteiger partial charge in [-0.15, -0.1) is 0 Å². The monoisotopic (exact) mass is 327 g/mol. The summed E-state index contributed by atoms with van der Waals surface area (Å²) in [5, 5.41) is 0. The molecule has 5 heteroatoms. The molecule has 22 heavy (non-hydrogen) atoms. The molecule has 0 unspecified atom stereocenters. The quantitative estimate of drug-likeness (QED) is 0.696. The van der Waals surface area contributed by atoms with E-state index in [0.29, 0.717) is 24.0 Å². The van der Waals surface area contributed by atoms with E-state index in [0.717, 1.165) is 18.4 Å². The van der Waals surface area contributed by atoms with Crippen molar-refractivity contribution in [3.8, 4) is 0 Å². The first-order valence-electron chi connectivity index (χ1n) is 7.99. The Morgan fingerprint density at radius 2 is 1.64 bits per heavy atom. The fourth-order valence-electron chi connectivity index (χ4n) is 2.54. The Hall–Kier alpha value is -0.910. The SMILES string of the molecule is CCC(CC)N(CCOC)S(=O)(=O)c1ccc(C(C)C)cc1. The third-order valence-electron chi connectivity index (χ3n) is 4.02. The third-order valence-corrected chi connectivity index (χ3v) is 5.98. The molecule has 0 fully saturated rings. The van der Waals surface area contributed by atoms with Gasteiger partial charge in [-0.25, -0.2) is 8.42 Å². The van der Waals surface area contributed by atoms with Gasteiger partial charge in [0.25, 0.3) is 0 Å². The Kier molecular flexibility index (Phi) is 7.53. The summed E-state index contributed by atoms with van der Waals surface area (Å²) in [6, 6.07) is 7.24. The Labute approximate surface area is 135 Å². The van der Waals surface area contributed by atoms with E-state index >= 15 is 0 Å². The fourth-order valence-corrected chi connectivity index (χ4v) is 4.29. The number of benzene rings is 1. The zero-order valence-electron chi connectivity index (χ0n) is 14.4. The average Bonchev–Trinajstić information content (AvgIpc) is 2.51. The van der Waals surface area contributed by atoms with Gasteiger partial charge in [0.15, 0.2) is 0 Å². The number of hydrogen-bond donors (Lipinski definition) is 0. The summed E-state index contributed by atoms with van der Waals surface area (Å²) in [4.78, 5) is 0.361. The maximum Gasteiger partial charge on any atom is 0.243 e. The van der Waals surface area contributed by atoms with Crippen molar-refractivity contribution in [2.24, 2.45) is 0 Å². The van der Waals surface area contributed by atoms with Crippen molar-refractivity contribution in [2.75, 3.05) is 20.3 Å². The summed E-state index contributed by atoms with van der Waals surface area (Å²) in [5.41, 5.74) is 1.14. The Morgan fingerprint density at radius 1 is 1.09 bits per heavy atom. The Morgan fingerprint density at radius 3 is 2.05 bits per heavy atom. The van der Waals surface area contributed by atoms with E-state index in [2.05, 4.69) is 13.8 Å². The van der Waals surface area contributed by atoms with Crippen LogP contribution >= 0.6 is 0 Å². The molecule has 0 atom stereocenters. The van der Waals surface area contributed by atoms with Gasteiger partial charge in [0, 0.05) is 19.7 Å². The zero-order chi connectivity index (χ0) is 16.8. The van der Waals surface area contributed by atoms with Crippen LogP contribution in [0.1, 0.15) is 52.0 Å². The summed E-state index contributed by atoms with van der Waals surface area (Å²) in [6.45, 7) is 9.02. The number of nitrogens with zero attached hydrogens (tertiary/aromatic N) is 1. The average molecular weight is 327 g/mol. The molecule has 0 saturated carbocycles. The second-order valence-corrected chi connectivity index (χ2v) is 7.69.